The Labute approximate surface area is 179 Å². The topological polar surface area (TPSA) is 97.3 Å². The molecule has 3 rings (SSSR count). The Balaban J connectivity index is 2.02. The van der Waals surface area contributed by atoms with E-state index in [-0.39, 0.29) is 37.5 Å². The van der Waals surface area contributed by atoms with Crippen LogP contribution in [-0.4, -0.2) is 28.2 Å². The van der Waals surface area contributed by atoms with E-state index in [0.29, 0.717) is 28.9 Å². The molecule has 0 fully saturated rings. The van der Waals surface area contributed by atoms with Crippen molar-refractivity contribution in [3.8, 4) is 11.8 Å². The lowest BCUT2D eigenvalue weighted by molar-refractivity contribution is -0.119. The van der Waals surface area contributed by atoms with E-state index >= 15 is 0 Å². The van der Waals surface area contributed by atoms with Gasteiger partial charge >= 0.3 is 5.69 Å². The van der Waals surface area contributed by atoms with Crippen molar-refractivity contribution in [2.45, 2.75) is 33.4 Å². The largest absolute Gasteiger partial charge is 0.494 e. The molecule has 0 bridgehead atoms. The number of nitrogens with zero attached hydrogens (tertiary/aromatic N) is 4. The van der Waals surface area contributed by atoms with Crippen molar-refractivity contribution in [1.29, 1.82) is 5.26 Å². The Kier molecular flexibility index (Phi) is 6.88. The molecule has 0 N–H and O–H groups in total. The molecule has 31 heavy (non-hydrogen) atoms. The van der Waals surface area contributed by atoms with Crippen LogP contribution in [0, 0.1) is 11.3 Å². The van der Waals surface area contributed by atoms with E-state index in [1.54, 1.807) is 55.5 Å². The van der Waals surface area contributed by atoms with Crippen molar-refractivity contribution in [3.63, 3.8) is 0 Å². The van der Waals surface area contributed by atoms with E-state index in [0.717, 1.165) is 4.57 Å². The molecule has 1 amide bonds. The van der Waals surface area contributed by atoms with Gasteiger partial charge in [0.05, 0.1) is 30.0 Å². The average molecular weight is 420 g/mol. The van der Waals surface area contributed by atoms with Gasteiger partial charge in [-0.3, -0.25) is 18.7 Å². The summed E-state index contributed by atoms with van der Waals surface area (Å²) in [6.45, 7) is 4.26. The monoisotopic (exact) mass is 420 g/mol. The quantitative estimate of drug-likeness (QED) is 0.558. The fourth-order valence-corrected chi connectivity index (χ4v) is 3.47. The number of aromatic nitrogens is 2. The first kappa shape index (κ1) is 21.8. The van der Waals surface area contributed by atoms with E-state index in [1.807, 2.05) is 6.92 Å². The van der Waals surface area contributed by atoms with Crippen molar-refractivity contribution in [3.05, 3.63) is 69.4 Å². The second kappa shape index (κ2) is 9.76. The van der Waals surface area contributed by atoms with Crippen molar-refractivity contribution in [2.75, 3.05) is 18.1 Å². The molecule has 8 heteroatoms. The minimum absolute atomic E-state index is 0.142. The number of nitriles is 1. The Morgan fingerprint density at radius 3 is 2.42 bits per heavy atom. The molecular weight excluding hydrogens is 396 g/mol. The van der Waals surface area contributed by atoms with Crippen LogP contribution in [0.3, 0.4) is 0 Å². The summed E-state index contributed by atoms with van der Waals surface area (Å²) >= 11 is 0. The van der Waals surface area contributed by atoms with Crippen LogP contribution >= 0.6 is 0 Å². The first-order valence-electron chi connectivity index (χ1n) is 10.1. The Morgan fingerprint density at radius 1 is 1.06 bits per heavy atom. The van der Waals surface area contributed by atoms with Gasteiger partial charge in [-0.1, -0.05) is 12.1 Å². The van der Waals surface area contributed by atoms with Crippen molar-refractivity contribution in [1.82, 2.24) is 9.13 Å². The van der Waals surface area contributed by atoms with Crippen LogP contribution in [-0.2, 0) is 17.9 Å². The van der Waals surface area contributed by atoms with E-state index in [1.165, 1.54) is 9.47 Å². The van der Waals surface area contributed by atoms with Crippen LogP contribution < -0.4 is 20.9 Å². The minimum atomic E-state index is -0.536. The third-order valence-electron chi connectivity index (χ3n) is 4.95. The molecule has 1 aromatic heterocycles. The highest BCUT2D eigenvalue weighted by atomic mass is 16.5. The molecule has 2 aromatic carbocycles. The van der Waals surface area contributed by atoms with E-state index in [2.05, 4.69) is 6.07 Å². The first-order chi connectivity index (χ1) is 15.0. The Hall–Kier alpha value is -3.86. The number of amides is 1. The third-order valence-corrected chi connectivity index (χ3v) is 4.95. The molecular formula is C23H24N4O4. The number of carbonyl (C=O) groups excluding carboxylic acids is 1. The molecule has 0 aliphatic heterocycles. The van der Waals surface area contributed by atoms with Crippen molar-refractivity contribution >= 4 is 22.5 Å². The summed E-state index contributed by atoms with van der Waals surface area (Å²) in [6, 6.07) is 15.8. The lowest BCUT2D eigenvalue weighted by atomic mass is 10.2. The zero-order valence-corrected chi connectivity index (χ0v) is 17.6. The van der Waals surface area contributed by atoms with Crippen LogP contribution in [0.4, 0.5) is 5.69 Å². The summed E-state index contributed by atoms with van der Waals surface area (Å²) in [5.41, 5.74) is 0.0958. The fourth-order valence-electron chi connectivity index (χ4n) is 3.47. The Morgan fingerprint density at radius 2 is 1.77 bits per heavy atom. The normalized spacial score (nSPS) is 10.6. The number of para-hydroxylation sites is 1. The number of carbonyl (C=O) groups is 1. The van der Waals surface area contributed by atoms with Gasteiger partial charge in [-0.15, -0.1) is 0 Å². The highest BCUT2D eigenvalue weighted by molar-refractivity contribution is 5.94. The molecule has 0 saturated heterocycles. The van der Waals surface area contributed by atoms with Crippen LogP contribution in [0.25, 0.3) is 10.9 Å². The molecule has 0 aliphatic rings. The second-order valence-electron chi connectivity index (χ2n) is 6.82. The maximum atomic E-state index is 13.2. The van der Waals surface area contributed by atoms with Gasteiger partial charge in [0.2, 0.25) is 5.91 Å². The van der Waals surface area contributed by atoms with Crippen LogP contribution in [0.2, 0.25) is 0 Å². The van der Waals surface area contributed by atoms with Gasteiger partial charge in [-0.2, -0.15) is 5.26 Å². The molecule has 0 aliphatic carbocycles. The summed E-state index contributed by atoms with van der Waals surface area (Å²) in [5, 5.41) is 9.41. The summed E-state index contributed by atoms with van der Waals surface area (Å²) in [4.78, 5) is 40.3. The first-order valence-corrected chi connectivity index (χ1v) is 10.1. The molecule has 1 heterocycles. The van der Waals surface area contributed by atoms with Gasteiger partial charge in [0.15, 0.2) is 0 Å². The van der Waals surface area contributed by atoms with Gasteiger partial charge < -0.3 is 9.64 Å². The maximum absolute atomic E-state index is 13.2. The summed E-state index contributed by atoms with van der Waals surface area (Å²) < 4.78 is 7.88. The molecule has 0 unspecified atom stereocenters. The molecule has 0 atom stereocenters. The molecule has 8 nitrogen and oxygen atoms in total. The van der Waals surface area contributed by atoms with Gasteiger partial charge in [-0.25, -0.2) is 4.79 Å². The molecule has 0 saturated carbocycles. The summed E-state index contributed by atoms with van der Waals surface area (Å²) in [7, 11) is 0. The number of rotatable bonds is 8. The molecule has 0 radical (unpaired) electrons. The van der Waals surface area contributed by atoms with Crippen LogP contribution in [0.5, 0.6) is 5.75 Å². The zero-order chi connectivity index (χ0) is 22.4. The van der Waals surface area contributed by atoms with Gasteiger partial charge in [-0.05, 0) is 50.2 Å². The van der Waals surface area contributed by atoms with Crippen molar-refractivity contribution in [2.24, 2.45) is 0 Å². The number of benzene rings is 2. The molecule has 3 aromatic rings. The SMILES string of the molecule is CCOc1ccc(N(CCC#N)C(=O)Cn2c(=O)n(CC)c(=O)c3ccccc32)cc1. The second-order valence-corrected chi connectivity index (χ2v) is 6.82. The lowest BCUT2D eigenvalue weighted by Gasteiger charge is -2.23. The highest BCUT2D eigenvalue weighted by Gasteiger charge is 2.20. The van der Waals surface area contributed by atoms with E-state index in [9.17, 15) is 14.4 Å². The number of hydrogen-bond donors (Lipinski definition) is 0. The Bertz CT molecular complexity index is 1240. The summed E-state index contributed by atoms with van der Waals surface area (Å²) in [5.74, 6) is 0.323. The maximum Gasteiger partial charge on any atom is 0.331 e. The predicted octanol–water partition coefficient (Wildman–Crippen LogP) is 2.53. The number of hydrogen-bond acceptors (Lipinski definition) is 5. The van der Waals surface area contributed by atoms with Gasteiger partial charge in [0, 0.05) is 18.8 Å². The van der Waals surface area contributed by atoms with Gasteiger partial charge in [0.25, 0.3) is 5.56 Å². The van der Waals surface area contributed by atoms with Crippen molar-refractivity contribution < 1.29 is 9.53 Å². The third kappa shape index (κ3) is 4.51. The van der Waals surface area contributed by atoms with E-state index in [4.69, 9.17) is 10.00 Å². The van der Waals surface area contributed by atoms with E-state index < -0.39 is 5.69 Å². The molecule has 160 valence electrons. The molecule has 0 spiro atoms. The average Bonchev–Trinajstić information content (AvgIpc) is 2.78. The standard InChI is InChI=1S/C23H24N4O4/c1-3-25-22(29)19-8-5-6-9-20(19)27(23(25)30)16-21(28)26(15-7-14-24)17-10-12-18(13-11-17)31-4-2/h5-6,8-13H,3-4,7,15-16H2,1-2H3. The minimum Gasteiger partial charge on any atom is -0.494 e. The zero-order valence-electron chi connectivity index (χ0n) is 17.6. The smallest absolute Gasteiger partial charge is 0.331 e. The number of ether oxygens (including phenoxy) is 1. The number of anilines is 1. The fraction of sp³-hybridized carbons (Fsp3) is 0.304. The van der Waals surface area contributed by atoms with Crippen LogP contribution in [0.15, 0.2) is 58.1 Å². The van der Waals surface area contributed by atoms with Crippen LogP contribution in [0.1, 0.15) is 20.3 Å². The van der Waals surface area contributed by atoms with Gasteiger partial charge in [0.1, 0.15) is 12.3 Å². The highest BCUT2D eigenvalue weighted by Crippen LogP contribution is 2.20. The predicted molar refractivity (Wildman–Crippen MR) is 118 cm³/mol. The lowest BCUT2D eigenvalue weighted by Crippen LogP contribution is -2.43. The number of fused-ring (bicyclic) bond motifs is 1. The summed E-state index contributed by atoms with van der Waals surface area (Å²) in [6.07, 6.45) is 0.142.